The molecule has 2 fully saturated rings. The maximum Gasteiger partial charge on any atom is 0.323 e. The predicted octanol–water partition coefficient (Wildman–Crippen LogP) is -0.439. The molecule has 0 aliphatic carbocycles. The van der Waals surface area contributed by atoms with Gasteiger partial charge in [0.2, 0.25) is 5.95 Å². The van der Waals surface area contributed by atoms with Crippen molar-refractivity contribution in [3.05, 3.63) is 24.8 Å². The van der Waals surface area contributed by atoms with Crippen LogP contribution in [0.5, 0.6) is 0 Å². The maximum atomic E-state index is 10.8. The smallest absolute Gasteiger partial charge is 0.323 e. The van der Waals surface area contributed by atoms with Gasteiger partial charge in [-0.2, -0.15) is 0 Å². The summed E-state index contributed by atoms with van der Waals surface area (Å²) in [5.41, 5.74) is 0.699. The Morgan fingerprint density at radius 3 is 2.73 bits per heavy atom. The minimum Gasteiger partial charge on any atom is -0.480 e. The number of aliphatic carboxylic acids is 1. The van der Waals surface area contributed by atoms with Crippen LogP contribution in [0.4, 0.5) is 5.95 Å². The van der Waals surface area contributed by atoms with E-state index in [2.05, 4.69) is 15.0 Å². The molecule has 4 rings (SSSR count). The molecule has 0 unspecified atom stereocenters. The fourth-order valence-corrected chi connectivity index (χ4v) is 3.41. The van der Waals surface area contributed by atoms with Gasteiger partial charge in [-0.25, -0.2) is 15.0 Å². The number of nitrogens with zero attached hydrogens (tertiary/aromatic N) is 5. The first-order valence-electron chi connectivity index (χ1n) is 8.24. The number of carbonyl (C=O) groups is 1. The van der Waals surface area contributed by atoms with E-state index in [-0.39, 0.29) is 31.4 Å². The van der Waals surface area contributed by atoms with E-state index in [1.165, 1.54) is 4.90 Å². The van der Waals surface area contributed by atoms with Crippen LogP contribution in [0.2, 0.25) is 0 Å². The van der Waals surface area contributed by atoms with E-state index in [1.54, 1.807) is 25.6 Å². The van der Waals surface area contributed by atoms with Crippen molar-refractivity contribution in [2.75, 3.05) is 31.7 Å². The van der Waals surface area contributed by atoms with Crippen molar-refractivity contribution in [2.45, 2.75) is 24.4 Å². The number of rotatable bonds is 5. The van der Waals surface area contributed by atoms with Crippen LogP contribution in [-0.2, 0) is 14.3 Å². The lowest BCUT2D eigenvalue weighted by molar-refractivity contribution is -0.135. The lowest BCUT2D eigenvalue weighted by Crippen LogP contribution is -2.30. The molecule has 26 heavy (non-hydrogen) atoms. The first kappa shape index (κ1) is 16.9. The average Bonchev–Trinajstić information content (AvgIpc) is 3.32. The first-order valence-corrected chi connectivity index (χ1v) is 8.24. The number of carboxylic acids is 1. The molecule has 2 saturated heterocycles. The lowest BCUT2D eigenvalue weighted by atomic mass is 10.1. The topological polar surface area (TPSA) is 123 Å². The van der Waals surface area contributed by atoms with E-state index in [1.807, 2.05) is 10.8 Å². The van der Waals surface area contributed by atoms with E-state index < -0.39 is 12.1 Å². The molecule has 2 aromatic heterocycles. The highest BCUT2D eigenvalue weighted by molar-refractivity contribution is 5.72. The number of aromatic nitrogens is 4. The van der Waals surface area contributed by atoms with Crippen molar-refractivity contribution in [3.63, 3.8) is 0 Å². The largest absolute Gasteiger partial charge is 0.480 e. The Balaban J connectivity index is 1.57. The van der Waals surface area contributed by atoms with Crippen LogP contribution in [0.3, 0.4) is 0 Å². The highest BCUT2D eigenvalue weighted by Crippen LogP contribution is 2.36. The third kappa shape index (κ3) is 2.91. The number of fused-ring (bicyclic) bond motifs is 1. The summed E-state index contributed by atoms with van der Waals surface area (Å²) in [5, 5.41) is 18.8. The third-order valence-corrected chi connectivity index (χ3v) is 4.64. The molecule has 10 nitrogen and oxygen atoms in total. The van der Waals surface area contributed by atoms with Gasteiger partial charge < -0.3 is 29.2 Å². The van der Waals surface area contributed by atoms with Gasteiger partial charge in [-0.05, 0) is 0 Å². The summed E-state index contributed by atoms with van der Waals surface area (Å²) < 4.78 is 13.3. The van der Waals surface area contributed by atoms with Gasteiger partial charge in [0.05, 0.1) is 24.8 Å². The summed E-state index contributed by atoms with van der Waals surface area (Å²) in [7, 11) is 1.61. The second-order valence-electron chi connectivity index (χ2n) is 6.41. The van der Waals surface area contributed by atoms with Crippen molar-refractivity contribution < 1.29 is 24.5 Å². The Bertz CT molecular complexity index is 795. The van der Waals surface area contributed by atoms with Crippen molar-refractivity contribution in [1.82, 2.24) is 19.5 Å². The quantitative estimate of drug-likeness (QED) is 0.729. The van der Waals surface area contributed by atoms with Crippen LogP contribution in [0, 0.1) is 0 Å². The summed E-state index contributed by atoms with van der Waals surface area (Å²) in [5.74, 6) is 0.0303. The van der Waals surface area contributed by atoms with Crippen LogP contribution in [-0.4, -0.2) is 80.8 Å². The number of likely N-dealkylation sites (N-methyl/N-ethyl adjacent to an activating group) is 1. The summed E-state index contributed by atoms with van der Waals surface area (Å²) in [6, 6.07) is -0.0935. The first-order chi connectivity index (χ1) is 12.5. The third-order valence-electron chi connectivity index (χ3n) is 4.64. The Morgan fingerprint density at radius 2 is 2.00 bits per heavy atom. The van der Waals surface area contributed by atoms with Gasteiger partial charge in [0.1, 0.15) is 30.7 Å². The summed E-state index contributed by atoms with van der Waals surface area (Å²) >= 11 is 0. The number of aliphatic hydroxyl groups is 1. The number of ether oxygens (including phenoxy) is 2. The van der Waals surface area contributed by atoms with Gasteiger partial charge in [0.15, 0.2) is 0 Å². The number of imidazole rings is 1. The van der Waals surface area contributed by atoms with Gasteiger partial charge in [-0.15, -0.1) is 0 Å². The molecule has 2 aliphatic heterocycles. The van der Waals surface area contributed by atoms with Gasteiger partial charge >= 0.3 is 5.97 Å². The minimum absolute atomic E-state index is 0.0935. The number of carboxylic acid groups (broad SMARTS) is 1. The number of aliphatic hydroxyl groups excluding tert-OH is 1. The van der Waals surface area contributed by atoms with Gasteiger partial charge in [-0.1, -0.05) is 0 Å². The van der Waals surface area contributed by atoms with Crippen LogP contribution in [0.25, 0.3) is 11.4 Å². The Morgan fingerprint density at radius 1 is 1.27 bits per heavy atom. The Labute approximate surface area is 149 Å². The van der Waals surface area contributed by atoms with Crippen LogP contribution < -0.4 is 4.90 Å². The molecule has 2 aliphatic rings. The summed E-state index contributed by atoms with van der Waals surface area (Å²) in [6.45, 7) is 0.510. The zero-order valence-electron chi connectivity index (χ0n) is 14.1. The molecule has 2 aromatic rings. The van der Waals surface area contributed by atoms with Crippen molar-refractivity contribution in [3.8, 4) is 11.4 Å². The highest BCUT2D eigenvalue weighted by Gasteiger charge is 2.48. The van der Waals surface area contributed by atoms with E-state index in [9.17, 15) is 9.90 Å². The molecular formula is C16H19N5O5. The normalized spacial score (nSPS) is 27.5. The molecule has 4 atom stereocenters. The van der Waals surface area contributed by atoms with Crippen LogP contribution >= 0.6 is 0 Å². The fourth-order valence-electron chi connectivity index (χ4n) is 3.41. The average molecular weight is 361 g/mol. The zero-order chi connectivity index (χ0) is 18.3. The fraction of sp³-hybridized carbons (Fsp3) is 0.500. The molecule has 0 spiro atoms. The molecule has 0 bridgehead atoms. The van der Waals surface area contributed by atoms with E-state index in [0.717, 1.165) is 0 Å². The van der Waals surface area contributed by atoms with Gasteiger partial charge in [0, 0.05) is 31.8 Å². The van der Waals surface area contributed by atoms with Gasteiger partial charge in [0.25, 0.3) is 0 Å². The van der Waals surface area contributed by atoms with Gasteiger partial charge in [-0.3, -0.25) is 4.79 Å². The van der Waals surface area contributed by atoms with Crippen molar-refractivity contribution in [1.29, 1.82) is 0 Å². The number of hydrogen-bond acceptors (Lipinski definition) is 8. The van der Waals surface area contributed by atoms with E-state index >= 15 is 0 Å². The monoisotopic (exact) mass is 361 g/mol. The van der Waals surface area contributed by atoms with E-state index in [4.69, 9.17) is 14.6 Å². The molecule has 0 amide bonds. The minimum atomic E-state index is -0.953. The summed E-state index contributed by atoms with van der Waals surface area (Å²) in [4.78, 5) is 25.1. The second kappa shape index (κ2) is 6.63. The van der Waals surface area contributed by atoms with Crippen LogP contribution in [0.1, 0.15) is 6.04 Å². The van der Waals surface area contributed by atoms with Crippen molar-refractivity contribution in [2.24, 2.45) is 0 Å². The summed E-state index contributed by atoms with van der Waals surface area (Å²) in [6.07, 6.45) is 5.58. The van der Waals surface area contributed by atoms with E-state index in [0.29, 0.717) is 23.9 Å². The molecular weight excluding hydrogens is 342 g/mol. The Hall–Kier alpha value is -2.56. The molecule has 0 radical (unpaired) electrons. The number of anilines is 1. The lowest BCUT2D eigenvalue weighted by Gasteiger charge is -2.20. The molecule has 0 saturated carbocycles. The predicted molar refractivity (Wildman–Crippen MR) is 88.7 cm³/mol. The zero-order valence-corrected chi connectivity index (χ0v) is 14.1. The number of hydrogen-bond donors (Lipinski definition) is 2. The molecule has 10 heteroatoms. The van der Waals surface area contributed by atoms with Crippen LogP contribution in [0.15, 0.2) is 24.8 Å². The Kier molecular flexibility index (Phi) is 4.31. The van der Waals surface area contributed by atoms with Crippen molar-refractivity contribution >= 4 is 11.9 Å². The SMILES string of the molecule is CN(CC(=O)O)c1ncc(-c2nccn2[C@H]2CO[C@H]3[C@@H]2OC[C@H]3O)cn1. The molecule has 0 aromatic carbocycles. The molecule has 4 heterocycles. The maximum absolute atomic E-state index is 10.8. The molecule has 138 valence electrons. The standard InChI is InChI=1S/C16H19N5O5/c1-20(6-12(23)24)16-18-4-9(5-19-16)15-17-2-3-21(15)10-7-25-14-11(22)8-26-13(10)14/h2-5,10-11,13-14,22H,6-8H2,1H3,(H,23,24)/t10-,11+,13+,14+/m0/s1. The second-order valence-corrected chi connectivity index (χ2v) is 6.41. The highest BCUT2D eigenvalue weighted by atomic mass is 16.6. The molecule has 2 N–H and O–H groups in total.